The van der Waals surface area contributed by atoms with E-state index in [1.165, 1.54) is 6.92 Å². The van der Waals surface area contributed by atoms with Crippen LogP contribution in [0.25, 0.3) is 10.8 Å². The molecule has 2 rings (SSSR count). The van der Waals surface area contributed by atoms with Crippen molar-refractivity contribution < 1.29 is 9.59 Å². The van der Waals surface area contributed by atoms with Crippen LogP contribution in [0.5, 0.6) is 0 Å². The van der Waals surface area contributed by atoms with Gasteiger partial charge in [-0.3, -0.25) is 9.59 Å². The molecule has 1 heterocycles. The van der Waals surface area contributed by atoms with E-state index in [0.717, 1.165) is 5.39 Å². The third-order valence-corrected chi connectivity index (χ3v) is 3.09. The molecule has 8 heteroatoms. The first-order valence-corrected chi connectivity index (χ1v) is 6.95. The number of hydrogen-bond donors (Lipinski definition) is 2. The number of carbonyl (C=O) groups is 2. The van der Waals surface area contributed by atoms with Gasteiger partial charge in [0.1, 0.15) is 5.82 Å². The smallest absolute Gasteiger partial charge is 0.276 e. The van der Waals surface area contributed by atoms with Gasteiger partial charge in [-0.05, 0) is 12.1 Å². The monoisotopic (exact) mass is 345 g/mol. The van der Waals surface area contributed by atoms with Crippen LogP contribution in [0.4, 0.5) is 11.5 Å². The SMILES string of the molecule is CC(=O)Nc1cc2c(NC(=O)C(Cl)(Cl)Cl)cccc2cn1. The number of alkyl halides is 3. The summed E-state index contributed by atoms with van der Waals surface area (Å²) >= 11 is 16.6. The van der Waals surface area contributed by atoms with E-state index < -0.39 is 9.70 Å². The molecular weight excluding hydrogens is 337 g/mol. The standard InChI is InChI=1S/C13H10Cl3N3O2/c1-7(20)18-11-5-9-8(6-17-11)3-2-4-10(9)19-12(21)13(14,15)16/h2-6H,1H3,(H,19,21)(H,17,18,20). The van der Waals surface area contributed by atoms with Gasteiger partial charge in [0.15, 0.2) is 0 Å². The van der Waals surface area contributed by atoms with E-state index in [-0.39, 0.29) is 5.91 Å². The molecule has 1 aromatic heterocycles. The van der Waals surface area contributed by atoms with Gasteiger partial charge in [0.25, 0.3) is 9.70 Å². The third-order valence-electron chi connectivity index (χ3n) is 2.57. The number of fused-ring (bicyclic) bond motifs is 1. The summed E-state index contributed by atoms with van der Waals surface area (Å²) in [4.78, 5) is 26.9. The summed E-state index contributed by atoms with van der Waals surface area (Å²) < 4.78 is -2.06. The summed E-state index contributed by atoms with van der Waals surface area (Å²) in [5.41, 5.74) is 0.456. The first-order valence-electron chi connectivity index (χ1n) is 5.82. The van der Waals surface area contributed by atoms with Gasteiger partial charge in [-0.1, -0.05) is 46.9 Å². The normalized spacial score (nSPS) is 11.2. The number of aromatic nitrogens is 1. The predicted molar refractivity (Wildman–Crippen MR) is 85.0 cm³/mol. The Hall–Kier alpha value is -1.56. The first-order chi connectivity index (χ1) is 9.77. The minimum atomic E-state index is -2.06. The van der Waals surface area contributed by atoms with E-state index >= 15 is 0 Å². The van der Waals surface area contributed by atoms with E-state index in [1.54, 1.807) is 24.4 Å². The number of carbonyl (C=O) groups excluding carboxylic acids is 2. The molecule has 0 saturated heterocycles. The maximum Gasteiger partial charge on any atom is 0.276 e. The van der Waals surface area contributed by atoms with E-state index in [2.05, 4.69) is 15.6 Å². The number of rotatable bonds is 2. The van der Waals surface area contributed by atoms with Crippen molar-refractivity contribution in [3.05, 3.63) is 30.5 Å². The lowest BCUT2D eigenvalue weighted by molar-refractivity contribution is -0.115. The maximum atomic E-state index is 11.7. The van der Waals surface area contributed by atoms with Gasteiger partial charge < -0.3 is 10.6 Å². The molecule has 0 fully saturated rings. The molecule has 0 aliphatic carbocycles. The fourth-order valence-electron chi connectivity index (χ4n) is 1.72. The van der Waals surface area contributed by atoms with Crippen molar-refractivity contribution in [1.29, 1.82) is 0 Å². The zero-order valence-corrected chi connectivity index (χ0v) is 13.1. The molecule has 0 unspecified atom stereocenters. The molecule has 1 aromatic carbocycles. The third kappa shape index (κ3) is 3.97. The molecule has 2 aromatic rings. The van der Waals surface area contributed by atoms with Crippen LogP contribution in [0, 0.1) is 0 Å². The molecule has 0 spiro atoms. The van der Waals surface area contributed by atoms with E-state index in [1.807, 2.05) is 6.07 Å². The molecule has 110 valence electrons. The quantitative estimate of drug-likeness (QED) is 0.818. The van der Waals surface area contributed by atoms with Gasteiger partial charge in [0.2, 0.25) is 5.91 Å². The van der Waals surface area contributed by atoms with Crippen molar-refractivity contribution in [3.8, 4) is 0 Å². The first kappa shape index (κ1) is 15.8. The lowest BCUT2D eigenvalue weighted by Gasteiger charge is -2.13. The Balaban J connectivity index is 2.43. The Morgan fingerprint density at radius 3 is 2.52 bits per heavy atom. The Bertz CT molecular complexity index is 713. The molecule has 5 nitrogen and oxygen atoms in total. The fourth-order valence-corrected chi connectivity index (χ4v) is 1.86. The van der Waals surface area contributed by atoms with Crippen LogP contribution in [0.1, 0.15) is 6.92 Å². The highest BCUT2D eigenvalue weighted by Crippen LogP contribution is 2.30. The van der Waals surface area contributed by atoms with Crippen LogP contribution in [-0.2, 0) is 9.59 Å². The van der Waals surface area contributed by atoms with Crippen molar-refractivity contribution in [3.63, 3.8) is 0 Å². The van der Waals surface area contributed by atoms with Crippen molar-refractivity contribution >= 4 is 68.9 Å². The van der Waals surface area contributed by atoms with Crippen molar-refractivity contribution in [2.24, 2.45) is 0 Å². The van der Waals surface area contributed by atoms with Crippen molar-refractivity contribution in [2.45, 2.75) is 10.7 Å². The van der Waals surface area contributed by atoms with Gasteiger partial charge in [-0.25, -0.2) is 4.98 Å². The Labute approximate surface area is 135 Å². The van der Waals surface area contributed by atoms with Crippen LogP contribution < -0.4 is 10.6 Å². The summed E-state index contributed by atoms with van der Waals surface area (Å²) in [5, 5.41) is 6.53. The molecule has 0 saturated carbocycles. The molecule has 0 bridgehead atoms. The van der Waals surface area contributed by atoms with Gasteiger partial charge in [-0.2, -0.15) is 0 Å². The van der Waals surface area contributed by atoms with Crippen LogP contribution in [0.2, 0.25) is 0 Å². The van der Waals surface area contributed by atoms with Gasteiger partial charge in [0.05, 0.1) is 0 Å². The minimum absolute atomic E-state index is 0.246. The summed E-state index contributed by atoms with van der Waals surface area (Å²) in [5.74, 6) is -0.645. The number of hydrogen-bond acceptors (Lipinski definition) is 3. The summed E-state index contributed by atoms with van der Waals surface area (Å²) in [6, 6.07) is 6.83. The van der Waals surface area contributed by atoms with Crippen LogP contribution in [0.15, 0.2) is 30.5 Å². The molecule has 2 N–H and O–H groups in total. The average molecular weight is 347 g/mol. The number of amides is 2. The lowest BCUT2D eigenvalue weighted by Crippen LogP contribution is -2.27. The Morgan fingerprint density at radius 1 is 1.19 bits per heavy atom. The maximum absolute atomic E-state index is 11.7. The Kier molecular flexibility index (Phi) is 4.56. The number of halogens is 3. The van der Waals surface area contributed by atoms with E-state index in [0.29, 0.717) is 16.9 Å². The zero-order chi connectivity index (χ0) is 15.6. The highest BCUT2D eigenvalue weighted by Gasteiger charge is 2.30. The zero-order valence-electron chi connectivity index (χ0n) is 10.8. The minimum Gasteiger partial charge on any atom is -0.322 e. The highest BCUT2D eigenvalue weighted by molar-refractivity contribution is 6.76. The molecule has 0 radical (unpaired) electrons. The largest absolute Gasteiger partial charge is 0.322 e. The second kappa shape index (κ2) is 6.05. The average Bonchev–Trinajstić information content (AvgIpc) is 2.37. The molecule has 21 heavy (non-hydrogen) atoms. The molecular formula is C13H10Cl3N3O2. The molecule has 2 amide bonds. The number of pyridine rings is 1. The molecule has 0 aliphatic rings. The predicted octanol–water partition coefficient (Wildman–Crippen LogP) is 3.50. The summed E-state index contributed by atoms with van der Waals surface area (Å²) in [6.07, 6.45) is 1.58. The van der Waals surface area contributed by atoms with Crippen molar-refractivity contribution in [1.82, 2.24) is 4.98 Å². The molecule has 0 atom stereocenters. The number of nitrogens with zero attached hydrogens (tertiary/aromatic N) is 1. The number of nitrogens with one attached hydrogen (secondary N) is 2. The molecule has 0 aliphatic heterocycles. The van der Waals surface area contributed by atoms with E-state index in [9.17, 15) is 9.59 Å². The van der Waals surface area contributed by atoms with Gasteiger partial charge in [-0.15, -0.1) is 0 Å². The van der Waals surface area contributed by atoms with Crippen molar-refractivity contribution in [2.75, 3.05) is 10.6 Å². The topological polar surface area (TPSA) is 71.1 Å². The second-order valence-electron chi connectivity index (χ2n) is 4.23. The lowest BCUT2D eigenvalue weighted by atomic mass is 10.1. The van der Waals surface area contributed by atoms with E-state index in [4.69, 9.17) is 34.8 Å². The van der Waals surface area contributed by atoms with Gasteiger partial charge in [0, 0.05) is 29.6 Å². The van der Waals surface area contributed by atoms with Gasteiger partial charge >= 0.3 is 0 Å². The second-order valence-corrected chi connectivity index (χ2v) is 6.51. The summed E-state index contributed by atoms with van der Waals surface area (Å²) in [7, 11) is 0. The Morgan fingerprint density at radius 2 is 1.90 bits per heavy atom. The highest BCUT2D eigenvalue weighted by atomic mass is 35.6. The number of benzene rings is 1. The van der Waals surface area contributed by atoms with Crippen LogP contribution in [0.3, 0.4) is 0 Å². The van der Waals surface area contributed by atoms with Crippen LogP contribution >= 0.6 is 34.8 Å². The summed E-state index contributed by atoms with van der Waals surface area (Å²) in [6.45, 7) is 1.38. The number of anilines is 2. The fraction of sp³-hybridized carbons (Fsp3) is 0.154. The van der Waals surface area contributed by atoms with Crippen LogP contribution in [-0.4, -0.2) is 20.6 Å².